The van der Waals surface area contributed by atoms with Gasteiger partial charge in [-0.3, -0.25) is 9.59 Å². The van der Waals surface area contributed by atoms with Crippen molar-refractivity contribution in [3.63, 3.8) is 0 Å². The number of hydrogen-bond donors (Lipinski definition) is 3. The van der Waals surface area contributed by atoms with Gasteiger partial charge in [0.2, 0.25) is 0 Å². The summed E-state index contributed by atoms with van der Waals surface area (Å²) in [4.78, 5) is 33.2. The van der Waals surface area contributed by atoms with E-state index in [9.17, 15) is 18.8 Å². The van der Waals surface area contributed by atoms with Crippen LogP contribution in [0.3, 0.4) is 0 Å². The third-order valence-electron chi connectivity index (χ3n) is 2.43. The lowest BCUT2D eigenvalue weighted by Crippen LogP contribution is -2.41. The van der Waals surface area contributed by atoms with Gasteiger partial charge in [-0.25, -0.2) is 9.18 Å². The molecule has 0 heterocycles. The van der Waals surface area contributed by atoms with E-state index < -0.39 is 29.7 Å². The second-order valence-electron chi connectivity index (χ2n) is 3.92. The Morgan fingerprint density at radius 1 is 1.30 bits per heavy atom. The molecule has 0 saturated carbocycles. The normalized spacial score (nSPS) is 11.7. The summed E-state index contributed by atoms with van der Waals surface area (Å²) in [6.07, 6.45) is -0.628. The molecule has 0 radical (unpaired) electrons. The van der Waals surface area contributed by atoms with Crippen molar-refractivity contribution in [1.82, 2.24) is 5.32 Å². The SMILES string of the molecule is O=C(O)CC[C@H](NC(=O)c1ccc(F)cc1Br)C(=O)O. The number of carbonyl (C=O) groups excluding carboxylic acids is 1. The Morgan fingerprint density at radius 2 is 1.95 bits per heavy atom. The van der Waals surface area contributed by atoms with Gasteiger partial charge in [0.25, 0.3) is 5.91 Å². The van der Waals surface area contributed by atoms with Crippen LogP contribution >= 0.6 is 15.9 Å². The monoisotopic (exact) mass is 347 g/mol. The number of carbonyl (C=O) groups is 3. The Morgan fingerprint density at radius 3 is 2.45 bits per heavy atom. The van der Waals surface area contributed by atoms with Gasteiger partial charge in [0.15, 0.2) is 0 Å². The smallest absolute Gasteiger partial charge is 0.326 e. The molecular weight excluding hydrogens is 337 g/mol. The van der Waals surface area contributed by atoms with Crippen molar-refractivity contribution in [2.24, 2.45) is 0 Å². The molecule has 3 N–H and O–H groups in total. The lowest BCUT2D eigenvalue weighted by atomic mass is 10.1. The molecule has 0 bridgehead atoms. The van der Waals surface area contributed by atoms with Crippen LogP contribution in [0.2, 0.25) is 0 Å². The maximum Gasteiger partial charge on any atom is 0.326 e. The van der Waals surface area contributed by atoms with E-state index in [2.05, 4.69) is 21.2 Å². The molecule has 0 aromatic heterocycles. The number of hydrogen-bond acceptors (Lipinski definition) is 3. The van der Waals surface area contributed by atoms with E-state index in [1.165, 1.54) is 6.07 Å². The predicted octanol–water partition coefficient (Wildman–Crippen LogP) is 1.64. The Hall–Kier alpha value is -1.96. The van der Waals surface area contributed by atoms with Gasteiger partial charge in [-0.2, -0.15) is 0 Å². The quantitative estimate of drug-likeness (QED) is 0.725. The van der Waals surface area contributed by atoms with Crippen LogP contribution in [0.5, 0.6) is 0 Å². The van der Waals surface area contributed by atoms with Gasteiger partial charge < -0.3 is 15.5 Å². The Labute approximate surface area is 121 Å². The van der Waals surface area contributed by atoms with E-state index in [4.69, 9.17) is 10.2 Å². The van der Waals surface area contributed by atoms with Gasteiger partial charge in [-0.05, 0) is 40.5 Å². The second kappa shape index (κ2) is 6.99. The number of halogens is 2. The largest absolute Gasteiger partial charge is 0.481 e. The highest BCUT2D eigenvalue weighted by Crippen LogP contribution is 2.18. The van der Waals surface area contributed by atoms with Crippen LogP contribution in [0.25, 0.3) is 0 Å². The molecule has 108 valence electrons. The summed E-state index contributed by atoms with van der Waals surface area (Å²) in [5, 5.41) is 19.6. The minimum atomic E-state index is -1.34. The summed E-state index contributed by atoms with van der Waals surface area (Å²) in [6.45, 7) is 0. The summed E-state index contributed by atoms with van der Waals surface area (Å²) in [7, 11) is 0. The molecule has 0 aliphatic rings. The average Bonchev–Trinajstić information content (AvgIpc) is 2.33. The number of nitrogens with one attached hydrogen (secondary N) is 1. The molecule has 20 heavy (non-hydrogen) atoms. The first-order valence-electron chi connectivity index (χ1n) is 5.51. The summed E-state index contributed by atoms with van der Waals surface area (Å²) in [5.41, 5.74) is 0.0629. The molecule has 8 heteroatoms. The molecular formula is C12H11BrFNO5. The minimum Gasteiger partial charge on any atom is -0.481 e. The predicted molar refractivity (Wildman–Crippen MR) is 69.9 cm³/mol. The molecule has 1 aromatic rings. The van der Waals surface area contributed by atoms with Crippen molar-refractivity contribution in [3.05, 3.63) is 34.1 Å². The summed E-state index contributed by atoms with van der Waals surface area (Å²) in [6, 6.07) is 2.01. The lowest BCUT2D eigenvalue weighted by molar-refractivity contribution is -0.140. The number of carboxylic acids is 2. The first-order valence-corrected chi connectivity index (χ1v) is 6.31. The molecule has 6 nitrogen and oxygen atoms in total. The summed E-state index contributed by atoms with van der Waals surface area (Å²) in [5.74, 6) is -3.77. The van der Waals surface area contributed by atoms with Crippen molar-refractivity contribution >= 4 is 33.8 Å². The van der Waals surface area contributed by atoms with Gasteiger partial charge in [0, 0.05) is 10.9 Å². The van der Waals surface area contributed by atoms with Crippen molar-refractivity contribution in [1.29, 1.82) is 0 Å². The van der Waals surface area contributed by atoms with Crippen molar-refractivity contribution in [3.8, 4) is 0 Å². The number of benzene rings is 1. The van der Waals surface area contributed by atoms with Gasteiger partial charge >= 0.3 is 11.9 Å². The molecule has 0 fully saturated rings. The van der Waals surface area contributed by atoms with Crippen LogP contribution in [-0.4, -0.2) is 34.1 Å². The molecule has 1 atom stereocenters. The van der Waals surface area contributed by atoms with Gasteiger partial charge in [0.05, 0.1) is 5.56 Å². The molecule has 0 unspecified atom stereocenters. The minimum absolute atomic E-state index is 0.0629. The molecule has 1 rings (SSSR count). The third-order valence-corrected chi connectivity index (χ3v) is 3.08. The van der Waals surface area contributed by atoms with Gasteiger partial charge in [-0.15, -0.1) is 0 Å². The standard InChI is InChI=1S/C12H11BrFNO5/c13-8-5-6(14)1-2-7(8)11(18)15-9(12(19)20)3-4-10(16)17/h1-2,5,9H,3-4H2,(H,15,18)(H,16,17)(H,19,20)/t9-/m0/s1. The van der Waals surface area contributed by atoms with Crippen molar-refractivity contribution < 1.29 is 29.0 Å². The first-order chi connectivity index (χ1) is 9.31. The first kappa shape index (κ1) is 16.1. The zero-order chi connectivity index (χ0) is 15.3. The topological polar surface area (TPSA) is 104 Å². The van der Waals surface area contributed by atoms with E-state index in [0.29, 0.717) is 0 Å². The molecule has 0 aliphatic carbocycles. The van der Waals surface area contributed by atoms with E-state index >= 15 is 0 Å². The van der Waals surface area contributed by atoms with Crippen LogP contribution in [0.1, 0.15) is 23.2 Å². The summed E-state index contributed by atoms with van der Waals surface area (Å²) < 4.78 is 13.1. The highest BCUT2D eigenvalue weighted by atomic mass is 79.9. The molecule has 0 saturated heterocycles. The molecule has 1 aromatic carbocycles. The van der Waals surface area contributed by atoms with Crippen LogP contribution in [0.4, 0.5) is 4.39 Å². The van der Waals surface area contributed by atoms with Crippen LogP contribution < -0.4 is 5.32 Å². The number of aliphatic carboxylic acids is 2. The highest BCUT2D eigenvalue weighted by Gasteiger charge is 2.22. The Balaban J connectivity index is 2.80. The summed E-state index contributed by atoms with van der Waals surface area (Å²) >= 11 is 2.99. The fraction of sp³-hybridized carbons (Fsp3) is 0.250. The van der Waals surface area contributed by atoms with Gasteiger partial charge in [0.1, 0.15) is 11.9 Å². The average molecular weight is 348 g/mol. The maximum absolute atomic E-state index is 12.9. The molecule has 0 aliphatic heterocycles. The number of carboxylic acid groups (broad SMARTS) is 2. The number of rotatable bonds is 6. The highest BCUT2D eigenvalue weighted by molar-refractivity contribution is 9.10. The van der Waals surface area contributed by atoms with Gasteiger partial charge in [-0.1, -0.05) is 0 Å². The Bertz CT molecular complexity index is 549. The van der Waals surface area contributed by atoms with E-state index in [-0.39, 0.29) is 22.9 Å². The maximum atomic E-state index is 12.9. The fourth-order valence-electron chi connectivity index (χ4n) is 1.43. The third kappa shape index (κ3) is 4.61. The lowest BCUT2D eigenvalue weighted by Gasteiger charge is -2.14. The molecule has 1 amide bonds. The fourth-order valence-corrected chi connectivity index (χ4v) is 1.97. The second-order valence-corrected chi connectivity index (χ2v) is 4.78. The van der Waals surface area contributed by atoms with E-state index in [1.54, 1.807) is 0 Å². The Kier molecular flexibility index (Phi) is 5.63. The number of amides is 1. The van der Waals surface area contributed by atoms with E-state index in [0.717, 1.165) is 12.1 Å². The van der Waals surface area contributed by atoms with Crippen LogP contribution in [0, 0.1) is 5.82 Å². The van der Waals surface area contributed by atoms with Crippen molar-refractivity contribution in [2.75, 3.05) is 0 Å². The molecule has 0 spiro atoms. The van der Waals surface area contributed by atoms with E-state index in [1.807, 2.05) is 0 Å². The zero-order valence-corrected chi connectivity index (χ0v) is 11.7. The van der Waals surface area contributed by atoms with Crippen LogP contribution in [-0.2, 0) is 9.59 Å². The van der Waals surface area contributed by atoms with Crippen LogP contribution in [0.15, 0.2) is 22.7 Å². The zero-order valence-electron chi connectivity index (χ0n) is 10.1. The van der Waals surface area contributed by atoms with Crippen molar-refractivity contribution in [2.45, 2.75) is 18.9 Å².